The largest absolute Gasteiger partial charge is 0.460 e. The maximum absolute atomic E-state index is 12.6. The number of hydrogen-bond acceptors (Lipinski definition) is 7. The molecule has 0 aromatic carbocycles. The molecule has 0 N–H and O–H groups in total. The summed E-state index contributed by atoms with van der Waals surface area (Å²) in [6.07, 6.45) is 8.84. The molecule has 29 heavy (non-hydrogen) atoms. The van der Waals surface area contributed by atoms with Gasteiger partial charge in [0, 0.05) is 19.1 Å². The number of nitriles is 1. The quantitative estimate of drug-likeness (QED) is 0.211. The van der Waals surface area contributed by atoms with E-state index in [9.17, 15) is 19.6 Å². The molecule has 2 aliphatic rings. The second-order valence-electron chi connectivity index (χ2n) is 7.84. The first kappa shape index (κ1) is 23.5. The van der Waals surface area contributed by atoms with Crippen LogP contribution >= 0.6 is 0 Å². The number of hydrogen-bond donors (Lipinski definition) is 0. The van der Waals surface area contributed by atoms with Crippen LogP contribution in [-0.4, -0.2) is 43.6 Å². The van der Waals surface area contributed by atoms with E-state index in [1.807, 2.05) is 0 Å². The highest BCUT2D eigenvalue weighted by Gasteiger charge is 2.47. The van der Waals surface area contributed by atoms with Gasteiger partial charge in [-0.05, 0) is 45.4 Å². The van der Waals surface area contributed by atoms with Crippen LogP contribution in [0.5, 0.6) is 0 Å². The monoisotopic (exact) mass is 407 g/mol. The molecule has 0 bridgehead atoms. The van der Waals surface area contributed by atoms with E-state index < -0.39 is 29.5 Å². The zero-order chi connectivity index (χ0) is 21.1. The van der Waals surface area contributed by atoms with Crippen LogP contribution in [0.2, 0.25) is 0 Å². The van der Waals surface area contributed by atoms with Gasteiger partial charge >= 0.3 is 5.97 Å². The van der Waals surface area contributed by atoms with Gasteiger partial charge in [-0.1, -0.05) is 25.7 Å². The average molecular weight is 408 g/mol. The molecule has 2 rings (SSSR count). The van der Waals surface area contributed by atoms with Crippen molar-refractivity contribution >= 4 is 17.5 Å². The zero-order valence-corrected chi connectivity index (χ0v) is 17.4. The lowest BCUT2D eigenvalue weighted by molar-refractivity contribution is -0.162. The second kappa shape index (κ2) is 12.7. The molecule has 1 aliphatic heterocycles. The third-order valence-electron chi connectivity index (χ3n) is 5.74. The Morgan fingerprint density at radius 2 is 1.93 bits per heavy atom. The molecule has 0 amide bonds. The van der Waals surface area contributed by atoms with Crippen LogP contribution in [0.1, 0.15) is 71.1 Å². The van der Waals surface area contributed by atoms with Crippen LogP contribution < -0.4 is 0 Å². The van der Waals surface area contributed by atoms with Crippen molar-refractivity contribution in [3.05, 3.63) is 0 Å². The summed E-state index contributed by atoms with van der Waals surface area (Å²) >= 11 is 0. The number of unbranched alkanes of at least 4 members (excludes halogenated alkanes) is 4. The van der Waals surface area contributed by atoms with Crippen LogP contribution in [0.3, 0.4) is 0 Å². The van der Waals surface area contributed by atoms with Gasteiger partial charge in [-0.25, -0.2) is 4.79 Å². The van der Waals surface area contributed by atoms with E-state index >= 15 is 0 Å². The third kappa shape index (κ3) is 7.20. The molecule has 4 unspecified atom stereocenters. The third-order valence-corrected chi connectivity index (χ3v) is 5.74. The fourth-order valence-corrected chi connectivity index (χ4v) is 4.11. The molecule has 7 heteroatoms. The van der Waals surface area contributed by atoms with Crippen molar-refractivity contribution in [1.82, 2.24) is 0 Å². The highest BCUT2D eigenvalue weighted by atomic mass is 16.7. The van der Waals surface area contributed by atoms with E-state index in [0.29, 0.717) is 13.0 Å². The molecule has 7 nitrogen and oxygen atoms in total. The summed E-state index contributed by atoms with van der Waals surface area (Å²) in [6, 6.07) is 2.15. The Morgan fingerprint density at radius 3 is 2.62 bits per heavy atom. The van der Waals surface area contributed by atoms with Gasteiger partial charge in [0.2, 0.25) is 5.78 Å². The molecule has 0 aromatic heterocycles. The van der Waals surface area contributed by atoms with Gasteiger partial charge in [-0.3, -0.25) is 9.59 Å². The zero-order valence-electron chi connectivity index (χ0n) is 17.4. The molecule has 4 atom stereocenters. The van der Waals surface area contributed by atoms with E-state index in [2.05, 4.69) is 6.07 Å². The fourth-order valence-electron chi connectivity index (χ4n) is 4.11. The molecule has 2 fully saturated rings. The van der Waals surface area contributed by atoms with E-state index in [1.54, 1.807) is 6.92 Å². The Hall–Kier alpha value is -1.78. The Labute approximate surface area is 173 Å². The number of ether oxygens (including phenoxy) is 3. The van der Waals surface area contributed by atoms with Crippen LogP contribution in [0.4, 0.5) is 0 Å². The van der Waals surface area contributed by atoms with Crippen molar-refractivity contribution in [3.8, 4) is 6.07 Å². The first-order valence-electron chi connectivity index (χ1n) is 11.0. The van der Waals surface area contributed by atoms with Crippen LogP contribution in [0, 0.1) is 29.1 Å². The molecule has 162 valence electrons. The first-order valence-corrected chi connectivity index (χ1v) is 11.0. The van der Waals surface area contributed by atoms with Crippen molar-refractivity contribution in [1.29, 1.82) is 5.26 Å². The van der Waals surface area contributed by atoms with Gasteiger partial charge in [0.1, 0.15) is 5.78 Å². The van der Waals surface area contributed by atoms with Gasteiger partial charge < -0.3 is 14.2 Å². The van der Waals surface area contributed by atoms with Crippen molar-refractivity contribution < 1.29 is 28.6 Å². The SMILES string of the molecule is CCOC(=O)C(=O)C1CC(C#N)C(CCCCCCCOC2CCCCO2)C1=O. The van der Waals surface area contributed by atoms with Gasteiger partial charge in [-0.15, -0.1) is 0 Å². The van der Waals surface area contributed by atoms with E-state index in [0.717, 1.165) is 51.6 Å². The standard InChI is InChI=1S/C22H33NO6/c1-2-27-22(26)21(25)18-14-16(15-23)17(20(18)24)10-6-4-3-5-8-12-28-19-11-7-9-13-29-19/h16-19H,2-14H2,1H3. The predicted octanol–water partition coefficient (Wildman–Crippen LogP) is 3.35. The maximum Gasteiger partial charge on any atom is 0.375 e. The number of carbonyl (C=O) groups excluding carboxylic acids is 3. The summed E-state index contributed by atoms with van der Waals surface area (Å²) in [6.45, 7) is 3.20. The molecule has 0 spiro atoms. The topological polar surface area (TPSA) is 103 Å². The number of ketones is 2. The maximum atomic E-state index is 12.6. The summed E-state index contributed by atoms with van der Waals surface area (Å²) < 4.78 is 16.0. The first-order chi connectivity index (χ1) is 14.1. The minimum absolute atomic E-state index is 0.0368. The van der Waals surface area contributed by atoms with Crippen molar-refractivity contribution in [3.63, 3.8) is 0 Å². The molecule has 0 radical (unpaired) electrons. The lowest BCUT2D eigenvalue weighted by Gasteiger charge is -2.22. The number of esters is 1. The molecule has 1 saturated carbocycles. The Kier molecular flexibility index (Phi) is 10.3. The molecule has 1 aliphatic carbocycles. The Balaban J connectivity index is 1.62. The van der Waals surface area contributed by atoms with Crippen LogP contribution in [0.15, 0.2) is 0 Å². The molecule has 1 saturated heterocycles. The molecular weight excluding hydrogens is 374 g/mol. The van der Waals surface area contributed by atoms with E-state index in [4.69, 9.17) is 14.2 Å². The predicted molar refractivity (Wildman–Crippen MR) is 105 cm³/mol. The minimum Gasteiger partial charge on any atom is -0.460 e. The minimum atomic E-state index is -1.01. The van der Waals surface area contributed by atoms with Gasteiger partial charge in [-0.2, -0.15) is 5.26 Å². The van der Waals surface area contributed by atoms with Crippen molar-refractivity contribution in [2.45, 2.75) is 77.4 Å². The van der Waals surface area contributed by atoms with E-state index in [1.165, 1.54) is 6.42 Å². The summed E-state index contributed by atoms with van der Waals surface area (Å²) in [7, 11) is 0. The van der Waals surface area contributed by atoms with Gasteiger partial charge in [0.15, 0.2) is 6.29 Å². The summed E-state index contributed by atoms with van der Waals surface area (Å²) in [4.78, 5) is 36.3. The molecular formula is C22H33NO6. The number of carbonyl (C=O) groups is 3. The second-order valence-corrected chi connectivity index (χ2v) is 7.84. The number of nitrogens with zero attached hydrogens (tertiary/aromatic N) is 1. The Morgan fingerprint density at radius 1 is 1.17 bits per heavy atom. The number of Topliss-reactive ketones (excluding diaryl/α,β-unsaturated/α-hetero) is 2. The lowest BCUT2D eigenvalue weighted by atomic mass is 9.90. The van der Waals surface area contributed by atoms with E-state index in [-0.39, 0.29) is 25.1 Å². The van der Waals surface area contributed by atoms with Gasteiger partial charge in [0.25, 0.3) is 0 Å². The van der Waals surface area contributed by atoms with Crippen molar-refractivity contribution in [2.24, 2.45) is 17.8 Å². The normalized spacial score (nSPS) is 26.8. The van der Waals surface area contributed by atoms with Crippen LogP contribution in [0.25, 0.3) is 0 Å². The number of rotatable bonds is 12. The fraction of sp³-hybridized carbons (Fsp3) is 0.818. The Bertz CT molecular complexity index is 593. The summed E-state index contributed by atoms with van der Waals surface area (Å²) in [5, 5.41) is 9.35. The highest BCUT2D eigenvalue weighted by Crippen LogP contribution is 2.37. The highest BCUT2D eigenvalue weighted by molar-refractivity contribution is 6.38. The van der Waals surface area contributed by atoms with Crippen molar-refractivity contribution in [2.75, 3.05) is 19.8 Å². The van der Waals surface area contributed by atoms with Crippen LogP contribution in [-0.2, 0) is 28.6 Å². The van der Waals surface area contributed by atoms with Gasteiger partial charge in [0.05, 0.1) is 24.5 Å². The average Bonchev–Trinajstić information content (AvgIpc) is 3.05. The molecule has 1 heterocycles. The molecule has 0 aromatic rings. The lowest BCUT2D eigenvalue weighted by Crippen LogP contribution is -2.30. The smallest absolute Gasteiger partial charge is 0.375 e. The summed E-state index contributed by atoms with van der Waals surface area (Å²) in [5.41, 5.74) is 0. The summed E-state index contributed by atoms with van der Waals surface area (Å²) in [5.74, 6) is -3.99.